The Balaban J connectivity index is 2.26. The Morgan fingerprint density at radius 1 is 1.00 bits per heavy atom. The van der Waals surface area contributed by atoms with Crippen molar-refractivity contribution in [3.05, 3.63) is 58.6 Å². The number of benzene rings is 2. The van der Waals surface area contributed by atoms with Crippen molar-refractivity contribution in [3.8, 4) is 5.75 Å². The lowest BCUT2D eigenvalue weighted by Crippen LogP contribution is -2.36. The summed E-state index contributed by atoms with van der Waals surface area (Å²) >= 11 is 3.33. The number of carbonyl (C=O) groups is 3. The van der Waals surface area contributed by atoms with Crippen LogP contribution < -0.4 is 9.64 Å². The maximum absolute atomic E-state index is 12.3. The van der Waals surface area contributed by atoms with E-state index in [1.165, 1.54) is 11.8 Å². The van der Waals surface area contributed by atoms with Crippen LogP contribution in [0.1, 0.15) is 12.5 Å². The van der Waals surface area contributed by atoms with Crippen LogP contribution in [-0.2, 0) is 25.7 Å². The third-order valence-corrected chi connectivity index (χ3v) is 3.80. The molecule has 0 aliphatic rings. The molecule has 2 aromatic carbocycles. The van der Waals surface area contributed by atoms with Crippen molar-refractivity contribution in [2.24, 2.45) is 0 Å². The van der Waals surface area contributed by atoms with Crippen LogP contribution in [0.4, 0.5) is 5.69 Å². The van der Waals surface area contributed by atoms with E-state index in [2.05, 4.69) is 20.7 Å². The topological polar surface area (TPSA) is 72.9 Å². The fraction of sp³-hybridized carbons (Fsp3) is 0.167. The molecule has 2 aromatic rings. The molecule has 0 fully saturated rings. The zero-order valence-corrected chi connectivity index (χ0v) is 15.3. The van der Waals surface area contributed by atoms with Gasteiger partial charge in [-0.1, -0.05) is 28.1 Å². The first kappa shape index (κ1) is 18.7. The molecule has 6 nitrogen and oxygen atoms in total. The van der Waals surface area contributed by atoms with Gasteiger partial charge in [0.25, 0.3) is 0 Å². The average Bonchev–Trinajstić information content (AvgIpc) is 2.60. The Morgan fingerprint density at radius 2 is 1.60 bits per heavy atom. The largest absolute Gasteiger partial charge is 0.462 e. The Hall–Kier alpha value is -2.67. The Morgan fingerprint density at radius 3 is 2.12 bits per heavy atom. The van der Waals surface area contributed by atoms with Crippen molar-refractivity contribution in [2.45, 2.75) is 13.5 Å². The van der Waals surface area contributed by atoms with Gasteiger partial charge in [-0.25, -0.2) is 4.79 Å². The smallest absolute Gasteiger partial charge is 0.397 e. The van der Waals surface area contributed by atoms with E-state index in [0.717, 1.165) is 17.1 Å². The first-order valence-corrected chi connectivity index (χ1v) is 8.12. The molecule has 0 aromatic heterocycles. The second-order valence-electron chi connectivity index (χ2n) is 5.10. The highest BCUT2D eigenvalue weighted by Crippen LogP contribution is 2.22. The number of halogens is 1. The molecule has 2 rings (SSSR count). The van der Waals surface area contributed by atoms with Gasteiger partial charge in [-0.3, -0.25) is 14.5 Å². The van der Waals surface area contributed by atoms with Gasteiger partial charge in [0.15, 0.2) is 0 Å². The van der Waals surface area contributed by atoms with Crippen LogP contribution in [0.2, 0.25) is 0 Å². The average molecular weight is 406 g/mol. The van der Waals surface area contributed by atoms with Crippen LogP contribution in [0.3, 0.4) is 0 Å². The van der Waals surface area contributed by atoms with Crippen LogP contribution in [0.5, 0.6) is 5.75 Å². The number of rotatable bonds is 4. The number of anilines is 1. The molecular weight excluding hydrogens is 390 g/mol. The molecule has 0 atom stereocenters. The summed E-state index contributed by atoms with van der Waals surface area (Å²) in [5.74, 6) is -1.72. The standard InChI is InChI=1S/C18H16BrNO5/c1-12(21)25-16-9-3-13(4-10-16)11-20(17(22)18(23)24-2)15-7-5-14(19)6-8-15/h3-10H,11H2,1-2H3. The Bertz CT molecular complexity index is 771. The summed E-state index contributed by atoms with van der Waals surface area (Å²) in [6.45, 7) is 1.48. The van der Waals surface area contributed by atoms with Gasteiger partial charge in [0.1, 0.15) is 5.75 Å². The molecular formula is C18H16BrNO5. The number of ether oxygens (including phenoxy) is 2. The zero-order valence-electron chi connectivity index (χ0n) is 13.7. The van der Waals surface area contributed by atoms with E-state index in [0.29, 0.717) is 11.4 Å². The summed E-state index contributed by atoms with van der Waals surface area (Å²) in [4.78, 5) is 36.3. The van der Waals surface area contributed by atoms with Crippen LogP contribution in [0.25, 0.3) is 0 Å². The molecule has 7 heteroatoms. The number of esters is 2. The molecule has 1 amide bonds. The highest BCUT2D eigenvalue weighted by molar-refractivity contribution is 9.10. The zero-order chi connectivity index (χ0) is 18.4. The highest BCUT2D eigenvalue weighted by Gasteiger charge is 2.24. The Kier molecular flexibility index (Phi) is 6.30. The third kappa shape index (κ3) is 5.15. The summed E-state index contributed by atoms with van der Waals surface area (Å²) in [7, 11) is 1.16. The van der Waals surface area contributed by atoms with E-state index >= 15 is 0 Å². The first-order valence-electron chi connectivity index (χ1n) is 7.33. The second kappa shape index (κ2) is 8.43. The summed E-state index contributed by atoms with van der Waals surface area (Å²) in [5.41, 5.74) is 1.32. The van der Waals surface area contributed by atoms with Gasteiger partial charge >= 0.3 is 17.8 Å². The molecule has 0 saturated carbocycles. The third-order valence-electron chi connectivity index (χ3n) is 3.27. The lowest BCUT2D eigenvalue weighted by Gasteiger charge is -2.22. The summed E-state index contributed by atoms with van der Waals surface area (Å²) in [6.07, 6.45) is 0. The van der Waals surface area contributed by atoms with Gasteiger partial charge in [-0.05, 0) is 42.0 Å². The van der Waals surface area contributed by atoms with E-state index in [4.69, 9.17) is 4.74 Å². The van der Waals surface area contributed by atoms with Gasteiger partial charge in [-0.15, -0.1) is 0 Å². The first-order chi connectivity index (χ1) is 11.9. The molecule has 0 aliphatic carbocycles. The molecule has 130 valence electrons. The van der Waals surface area contributed by atoms with E-state index in [-0.39, 0.29) is 6.54 Å². The van der Waals surface area contributed by atoms with Crippen LogP contribution in [0, 0.1) is 0 Å². The van der Waals surface area contributed by atoms with Crippen molar-refractivity contribution in [1.29, 1.82) is 0 Å². The van der Waals surface area contributed by atoms with Crippen molar-refractivity contribution in [2.75, 3.05) is 12.0 Å². The van der Waals surface area contributed by atoms with Crippen LogP contribution in [-0.4, -0.2) is 25.0 Å². The van der Waals surface area contributed by atoms with E-state index in [1.54, 1.807) is 48.5 Å². The van der Waals surface area contributed by atoms with Gasteiger partial charge in [0.2, 0.25) is 0 Å². The number of hydrogen-bond acceptors (Lipinski definition) is 5. The molecule has 0 radical (unpaired) electrons. The fourth-order valence-corrected chi connectivity index (χ4v) is 2.37. The van der Waals surface area contributed by atoms with Crippen molar-refractivity contribution in [1.82, 2.24) is 0 Å². The summed E-state index contributed by atoms with van der Waals surface area (Å²) in [6, 6.07) is 13.7. The number of nitrogens with zero attached hydrogens (tertiary/aromatic N) is 1. The predicted octanol–water partition coefficient (Wildman–Crippen LogP) is 3.08. The second-order valence-corrected chi connectivity index (χ2v) is 6.01. The van der Waals surface area contributed by atoms with E-state index in [1.807, 2.05) is 0 Å². The number of hydrogen-bond donors (Lipinski definition) is 0. The fourth-order valence-electron chi connectivity index (χ4n) is 2.11. The van der Waals surface area contributed by atoms with Gasteiger partial charge in [-0.2, -0.15) is 0 Å². The number of methoxy groups -OCH3 is 1. The van der Waals surface area contributed by atoms with Gasteiger partial charge in [0, 0.05) is 17.1 Å². The predicted molar refractivity (Wildman–Crippen MR) is 95.1 cm³/mol. The van der Waals surface area contributed by atoms with Crippen molar-refractivity contribution >= 4 is 39.5 Å². The molecule has 0 spiro atoms. The number of carbonyl (C=O) groups excluding carboxylic acids is 3. The lowest BCUT2D eigenvalue weighted by molar-refractivity contribution is -0.151. The van der Waals surface area contributed by atoms with Crippen molar-refractivity contribution < 1.29 is 23.9 Å². The quantitative estimate of drug-likeness (QED) is 0.443. The lowest BCUT2D eigenvalue weighted by atomic mass is 10.2. The van der Waals surface area contributed by atoms with Gasteiger partial charge in [0.05, 0.1) is 13.7 Å². The van der Waals surface area contributed by atoms with Gasteiger partial charge < -0.3 is 9.47 Å². The van der Waals surface area contributed by atoms with Crippen molar-refractivity contribution in [3.63, 3.8) is 0 Å². The molecule has 0 unspecified atom stereocenters. The molecule has 25 heavy (non-hydrogen) atoms. The monoisotopic (exact) mass is 405 g/mol. The summed E-state index contributed by atoms with van der Waals surface area (Å²) in [5, 5.41) is 0. The highest BCUT2D eigenvalue weighted by atomic mass is 79.9. The van der Waals surface area contributed by atoms with E-state index in [9.17, 15) is 14.4 Å². The van der Waals surface area contributed by atoms with E-state index < -0.39 is 17.8 Å². The minimum Gasteiger partial charge on any atom is -0.462 e. The maximum Gasteiger partial charge on any atom is 0.397 e. The number of amides is 1. The minimum absolute atomic E-state index is 0.163. The van der Waals surface area contributed by atoms with Crippen LogP contribution >= 0.6 is 15.9 Å². The molecule has 0 N–H and O–H groups in total. The SMILES string of the molecule is COC(=O)C(=O)N(Cc1ccc(OC(C)=O)cc1)c1ccc(Br)cc1. The minimum atomic E-state index is -0.945. The molecule has 0 heterocycles. The molecule has 0 saturated heterocycles. The summed E-state index contributed by atoms with van der Waals surface area (Å²) < 4.78 is 10.4. The Labute approximate surface area is 153 Å². The van der Waals surface area contributed by atoms with Crippen LogP contribution in [0.15, 0.2) is 53.0 Å². The molecule has 0 aliphatic heterocycles. The molecule has 0 bridgehead atoms. The normalized spacial score (nSPS) is 10.0. The maximum atomic E-state index is 12.3.